The first-order valence-electron chi connectivity index (χ1n) is 9.23. The molecule has 0 atom stereocenters. The number of halogens is 1. The predicted molar refractivity (Wildman–Crippen MR) is 121 cm³/mol. The minimum Gasteiger partial charge on any atom is -0.456 e. The molecule has 0 fully saturated rings. The number of hydrogen-bond donors (Lipinski definition) is 0. The van der Waals surface area contributed by atoms with Crippen molar-refractivity contribution >= 4 is 37.5 Å². The standard InChI is InChI=1S/C26H17BrO/c27-25-21-13-4-6-15-23(21)26(24-16-7-5-14-22(24)25)28-20-12-8-11-19(17-20)18-9-2-1-3-10-18/h1-17H. The molecule has 5 rings (SSSR count). The van der Waals surface area contributed by atoms with Crippen molar-refractivity contribution in [1.82, 2.24) is 0 Å². The summed E-state index contributed by atoms with van der Waals surface area (Å²) in [5, 5.41) is 4.49. The van der Waals surface area contributed by atoms with Gasteiger partial charge in [-0.15, -0.1) is 0 Å². The van der Waals surface area contributed by atoms with Crippen LogP contribution in [-0.4, -0.2) is 0 Å². The van der Waals surface area contributed by atoms with Crippen molar-refractivity contribution in [2.24, 2.45) is 0 Å². The zero-order chi connectivity index (χ0) is 18.9. The van der Waals surface area contributed by atoms with E-state index in [1.165, 1.54) is 5.56 Å². The lowest BCUT2D eigenvalue weighted by molar-refractivity contribution is 0.494. The van der Waals surface area contributed by atoms with Crippen molar-refractivity contribution in [2.45, 2.75) is 0 Å². The van der Waals surface area contributed by atoms with E-state index in [4.69, 9.17) is 4.74 Å². The number of benzene rings is 5. The van der Waals surface area contributed by atoms with Gasteiger partial charge in [-0.25, -0.2) is 0 Å². The molecule has 0 saturated heterocycles. The Morgan fingerprint density at radius 3 is 1.68 bits per heavy atom. The monoisotopic (exact) mass is 424 g/mol. The summed E-state index contributed by atoms with van der Waals surface area (Å²) < 4.78 is 7.60. The molecule has 0 aromatic heterocycles. The molecule has 0 spiro atoms. The fourth-order valence-electron chi connectivity index (χ4n) is 3.63. The lowest BCUT2D eigenvalue weighted by Crippen LogP contribution is -1.90. The predicted octanol–water partition coefficient (Wildman–Crippen LogP) is 8.21. The Kier molecular flexibility index (Phi) is 4.34. The van der Waals surface area contributed by atoms with Crippen molar-refractivity contribution in [1.29, 1.82) is 0 Å². The molecule has 0 heterocycles. The quantitative estimate of drug-likeness (QED) is 0.265. The van der Waals surface area contributed by atoms with E-state index in [9.17, 15) is 0 Å². The maximum absolute atomic E-state index is 6.50. The second-order valence-corrected chi connectivity index (χ2v) is 7.52. The van der Waals surface area contributed by atoms with E-state index in [1.807, 2.05) is 18.2 Å². The van der Waals surface area contributed by atoms with E-state index in [0.29, 0.717) is 0 Å². The Morgan fingerprint density at radius 1 is 0.500 bits per heavy atom. The Bertz CT molecular complexity index is 1240. The maximum atomic E-state index is 6.50. The number of ether oxygens (including phenoxy) is 1. The lowest BCUT2D eigenvalue weighted by Gasteiger charge is -2.15. The van der Waals surface area contributed by atoms with E-state index in [-0.39, 0.29) is 0 Å². The van der Waals surface area contributed by atoms with Crippen molar-refractivity contribution in [3.05, 3.63) is 108 Å². The number of hydrogen-bond acceptors (Lipinski definition) is 1. The van der Waals surface area contributed by atoms with Gasteiger partial charge in [0, 0.05) is 26.0 Å². The summed E-state index contributed by atoms with van der Waals surface area (Å²) in [6, 6.07) is 35.3. The van der Waals surface area contributed by atoms with Crippen LogP contribution in [0.15, 0.2) is 108 Å². The van der Waals surface area contributed by atoms with Crippen LogP contribution in [0.4, 0.5) is 0 Å². The zero-order valence-electron chi connectivity index (χ0n) is 15.1. The molecule has 0 radical (unpaired) electrons. The highest BCUT2D eigenvalue weighted by atomic mass is 79.9. The average Bonchev–Trinajstić information content (AvgIpc) is 2.77. The van der Waals surface area contributed by atoms with Crippen LogP contribution in [0.5, 0.6) is 11.5 Å². The average molecular weight is 425 g/mol. The van der Waals surface area contributed by atoms with Gasteiger partial charge in [0.25, 0.3) is 0 Å². The van der Waals surface area contributed by atoms with Crippen LogP contribution in [0.3, 0.4) is 0 Å². The summed E-state index contributed by atoms with van der Waals surface area (Å²) >= 11 is 3.79. The molecule has 0 aliphatic rings. The van der Waals surface area contributed by atoms with Crippen LogP contribution < -0.4 is 4.74 Å². The minimum absolute atomic E-state index is 0.832. The summed E-state index contributed by atoms with van der Waals surface area (Å²) in [5.74, 6) is 1.72. The molecule has 0 aliphatic heterocycles. The third-order valence-corrected chi connectivity index (χ3v) is 5.83. The van der Waals surface area contributed by atoms with Gasteiger partial charge >= 0.3 is 0 Å². The second kappa shape index (κ2) is 7.14. The van der Waals surface area contributed by atoms with E-state index < -0.39 is 0 Å². The summed E-state index contributed by atoms with van der Waals surface area (Å²) in [7, 11) is 0. The second-order valence-electron chi connectivity index (χ2n) is 6.73. The fourth-order valence-corrected chi connectivity index (χ4v) is 4.32. The van der Waals surface area contributed by atoms with Gasteiger partial charge in [-0.2, -0.15) is 0 Å². The first-order valence-corrected chi connectivity index (χ1v) is 10.0. The third kappa shape index (κ3) is 2.96. The summed E-state index contributed by atoms with van der Waals surface area (Å²) in [4.78, 5) is 0. The molecule has 5 aromatic carbocycles. The number of rotatable bonds is 3. The maximum Gasteiger partial charge on any atom is 0.143 e. The van der Waals surface area contributed by atoms with Crippen LogP contribution >= 0.6 is 15.9 Å². The van der Waals surface area contributed by atoms with E-state index >= 15 is 0 Å². The van der Waals surface area contributed by atoms with E-state index in [2.05, 4.69) is 101 Å². The third-order valence-electron chi connectivity index (χ3n) is 4.98. The molecule has 0 aliphatic carbocycles. The molecule has 0 unspecified atom stereocenters. The van der Waals surface area contributed by atoms with Gasteiger partial charge in [0.05, 0.1) is 0 Å². The van der Waals surface area contributed by atoms with Gasteiger partial charge in [-0.3, -0.25) is 0 Å². The molecular weight excluding hydrogens is 408 g/mol. The van der Waals surface area contributed by atoms with Crippen LogP contribution in [0.2, 0.25) is 0 Å². The van der Waals surface area contributed by atoms with Gasteiger partial charge < -0.3 is 4.74 Å². The fraction of sp³-hybridized carbons (Fsp3) is 0. The van der Waals surface area contributed by atoms with Crippen LogP contribution in [0, 0.1) is 0 Å². The largest absolute Gasteiger partial charge is 0.456 e. The smallest absolute Gasteiger partial charge is 0.143 e. The minimum atomic E-state index is 0.832. The van der Waals surface area contributed by atoms with Gasteiger partial charge in [0.15, 0.2) is 0 Å². The van der Waals surface area contributed by atoms with Gasteiger partial charge in [-0.05, 0) is 39.2 Å². The van der Waals surface area contributed by atoms with Gasteiger partial charge in [0.2, 0.25) is 0 Å². The Morgan fingerprint density at radius 2 is 1.04 bits per heavy atom. The summed E-state index contributed by atoms with van der Waals surface area (Å²) in [5.41, 5.74) is 2.32. The Hall–Kier alpha value is -3.10. The topological polar surface area (TPSA) is 9.23 Å². The van der Waals surface area contributed by atoms with Crippen molar-refractivity contribution < 1.29 is 4.74 Å². The first-order chi connectivity index (χ1) is 13.8. The molecule has 0 bridgehead atoms. The molecule has 5 aromatic rings. The molecule has 0 amide bonds. The van der Waals surface area contributed by atoms with Gasteiger partial charge in [-0.1, -0.05) is 91.0 Å². The van der Waals surface area contributed by atoms with E-state index in [1.54, 1.807) is 0 Å². The van der Waals surface area contributed by atoms with Crippen LogP contribution in [0.25, 0.3) is 32.7 Å². The number of fused-ring (bicyclic) bond motifs is 2. The molecule has 134 valence electrons. The van der Waals surface area contributed by atoms with Crippen molar-refractivity contribution in [2.75, 3.05) is 0 Å². The van der Waals surface area contributed by atoms with E-state index in [0.717, 1.165) is 43.1 Å². The highest BCUT2D eigenvalue weighted by Gasteiger charge is 2.14. The highest BCUT2D eigenvalue weighted by Crippen LogP contribution is 2.42. The summed E-state index contributed by atoms with van der Waals surface area (Å²) in [6.45, 7) is 0. The normalized spacial score (nSPS) is 11.0. The Labute approximate surface area is 172 Å². The highest BCUT2D eigenvalue weighted by molar-refractivity contribution is 9.10. The molecular formula is C26H17BrO. The first kappa shape index (κ1) is 17.0. The Balaban J connectivity index is 1.69. The molecule has 0 N–H and O–H groups in total. The molecule has 1 nitrogen and oxygen atoms in total. The van der Waals surface area contributed by atoms with Crippen LogP contribution in [0.1, 0.15) is 0 Å². The summed E-state index contributed by atoms with van der Waals surface area (Å²) in [6.07, 6.45) is 0. The zero-order valence-corrected chi connectivity index (χ0v) is 16.7. The SMILES string of the molecule is Brc1c2ccccc2c(Oc2cccc(-c3ccccc3)c2)c2ccccc12. The lowest BCUT2D eigenvalue weighted by atomic mass is 10.0. The van der Waals surface area contributed by atoms with Crippen LogP contribution in [-0.2, 0) is 0 Å². The van der Waals surface area contributed by atoms with Gasteiger partial charge in [0.1, 0.15) is 11.5 Å². The molecule has 28 heavy (non-hydrogen) atoms. The molecule has 0 saturated carbocycles. The molecule has 2 heteroatoms. The van der Waals surface area contributed by atoms with Crippen molar-refractivity contribution in [3.63, 3.8) is 0 Å². The van der Waals surface area contributed by atoms with Crippen molar-refractivity contribution in [3.8, 4) is 22.6 Å².